The fraction of sp³-hybridized carbons (Fsp3) is 0.0667. The van der Waals surface area contributed by atoms with E-state index in [0.717, 1.165) is 12.1 Å². The molecule has 0 aliphatic rings. The number of nitrogens with zero attached hydrogens (tertiary/aromatic N) is 2. The lowest BCUT2D eigenvalue weighted by molar-refractivity contribution is -0.137. The summed E-state index contributed by atoms with van der Waals surface area (Å²) in [6.07, 6.45) is -2.84. The molecule has 3 rings (SSSR count). The Kier molecular flexibility index (Phi) is 3.32. The normalized spacial score (nSPS) is 11.6. The quantitative estimate of drug-likeness (QED) is 0.790. The Labute approximate surface area is 122 Å². The third kappa shape index (κ3) is 2.65. The molecule has 0 saturated heterocycles. The summed E-state index contributed by atoms with van der Waals surface area (Å²) in [4.78, 5) is 16.0. The molecular weight excluding hydrogens is 295 g/mol. The van der Waals surface area contributed by atoms with Crippen molar-refractivity contribution < 1.29 is 13.2 Å². The minimum absolute atomic E-state index is 0.339. The third-order valence-electron chi connectivity index (χ3n) is 3.12. The molecule has 0 radical (unpaired) electrons. The zero-order valence-electron chi connectivity index (χ0n) is 11.1. The van der Waals surface area contributed by atoms with Gasteiger partial charge in [-0.3, -0.25) is 9.89 Å². The number of H-pyrrole nitrogens is 1. The zero-order valence-corrected chi connectivity index (χ0v) is 11.1. The van der Waals surface area contributed by atoms with Gasteiger partial charge in [0, 0.05) is 12.3 Å². The number of rotatable bonds is 2. The summed E-state index contributed by atoms with van der Waals surface area (Å²) in [6.45, 7) is 0. The molecule has 112 valence electrons. The molecule has 3 aromatic rings. The summed E-state index contributed by atoms with van der Waals surface area (Å²) in [5.41, 5.74) is -0.166. The van der Waals surface area contributed by atoms with Crippen molar-refractivity contribution in [2.75, 3.05) is 0 Å². The number of halogens is 3. The van der Waals surface area contributed by atoms with Gasteiger partial charge >= 0.3 is 6.18 Å². The van der Waals surface area contributed by atoms with Crippen LogP contribution in [-0.4, -0.2) is 14.8 Å². The van der Waals surface area contributed by atoms with E-state index in [4.69, 9.17) is 0 Å². The predicted octanol–water partition coefficient (Wildman–Crippen LogP) is 3.25. The van der Waals surface area contributed by atoms with E-state index in [1.165, 1.54) is 22.9 Å². The van der Waals surface area contributed by atoms with E-state index >= 15 is 0 Å². The van der Waals surface area contributed by atoms with Gasteiger partial charge in [0.15, 0.2) is 5.82 Å². The Hall–Kier alpha value is -2.83. The Balaban J connectivity index is 1.99. The molecule has 22 heavy (non-hydrogen) atoms. The van der Waals surface area contributed by atoms with Crippen LogP contribution in [0.2, 0.25) is 0 Å². The lowest BCUT2D eigenvalue weighted by Gasteiger charge is -2.06. The molecule has 0 saturated carbocycles. The maximum Gasteiger partial charge on any atom is 0.416 e. The molecule has 1 N–H and O–H groups in total. The van der Waals surface area contributed by atoms with E-state index < -0.39 is 11.7 Å². The van der Waals surface area contributed by atoms with E-state index in [1.54, 1.807) is 24.4 Å². The smallest absolute Gasteiger partial charge is 0.289 e. The van der Waals surface area contributed by atoms with Crippen molar-refractivity contribution in [2.24, 2.45) is 0 Å². The molecule has 0 amide bonds. The largest absolute Gasteiger partial charge is 0.416 e. The van der Waals surface area contributed by atoms with Crippen LogP contribution in [0.3, 0.4) is 0 Å². The minimum atomic E-state index is -4.38. The molecule has 0 spiro atoms. The van der Waals surface area contributed by atoms with E-state index in [9.17, 15) is 18.0 Å². The van der Waals surface area contributed by atoms with Crippen LogP contribution in [0.4, 0.5) is 13.2 Å². The number of hydrogen-bond donors (Lipinski definition) is 1. The Morgan fingerprint density at radius 3 is 2.36 bits per heavy atom. The molecule has 1 aromatic carbocycles. The van der Waals surface area contributed by atoms with Crippen molar-refractivity contribution in [3.05, 3.63) is 70.6 Å². The first-order chi connectivity index (χ1) is 10.4. The fourth-order valence-electron chi connectivity index (χ4n) is 2.04. The molecule has 0 unspecified atom stereocenters. The molecule has 0 aliphatic heterocycles. The van der Waals surface area contributed by atoms with Gasteiger partial charge in [0.25, 0.3) is 5.56 Å². The van der Waals surface area contributed by atoms with Gasteiger partial charge < -0.3 is 0 Å². The number of aromatic amines is 1. The average Bonchev–Trinajstić information content (AvgIpc) is 2.89. The molecule has 0 atom stereocenters. The molecule has 0 fully saturated rings. The molecule has 2 heterocycles. The molecule has 7 heteroatoms. The van der Waals surface area contributed by atoms with Crippen molar-refractivity contribution in [2.45, 2.75) is 6.18 Å². The maximum atomic E-state index is 12.5. The number of aromatic nitrogens is 3. The van der Waals surface area contributed by atoms with Gasteiger partial charge in [-0.1, -0.05) is 18.2 Å². The summed E-state index contributed by atoms with van der Waals surface area (Å²) in [6, 6.07) is 11.0. The van der Waals surface area contributed by atoms with Crippen molar-refractivity contribution >= 4 is 0 Å². The highest BCUT2D eigenvalue weighted by atomic mass is 19.4. The van der Waals surface area contributed by atoms with Crippen molar-refractivity contribution in [3.63, 3.8) is 0 Å². The summed E-state index contributed by atoms with van der Waals surface area (Å²) in [5.74, 6) is 0.408. The highest BCUT2D eigenvalue weighted by Crippen LogP contribution is 2.30. The third-order valence-corrected chi connectivity index (χ3v) is 3.12. The lowest BCUT2D eigenvalue weighted by Crippen LogP contribution is -2.14. The Bertz CT molecular complexity index is 833. The number of nitrogens with one attached hydrogen (secondary N) is 1. The second-order valence-corrected chi connectivity index (χ2v) is 4.61. The standard InChI is InChI=1S/C15H10F3N3O/c16-15(17,18)11-6-4-10(5-7-11)12-9-14(22)21(20-12)13-3-1-2-8-19-13/h1-9,20H. The van der Waals surface area contributed by atoms with Gasteiger partial charge in [-0.05, 0) is 29.8 Å². The summed E-state index contributed by atoms with van der Waals surface area (Å²) in [7, 11) is 0. The Morgan fingerprint density at radius 1 is 1.05 bits per heavy atom. The summed E-state index contributed by atoms with van der Waals surface area (Å²) in [5, 5.41) is 2.83. The van der Waals surface area contributed by atoms with Gasteiger partial charge in [-0.25, -0.2) is 9.67 Å². The highest BCUT2D eigenvalue weighted by Gasteiger charge is 2.30. The molecule has 4 nitrogen and oxygen atoms in total. The van der Waals surface area contributed by atoms with Crippen LogP contribution >= 0.6 is 0 Å². The van der Waals surface area contributed by atoms with Gasteiger partial charge in [-0.15, -0.1) is 0 Å². The molecule has 2 aromatic heterocycles. The van der Waals surface area contributed by atoms with E-state index in [-0.39, 0.29) is 5.56 Å². The first-order valence-corrected chi connectivity index (χ1v) is 6.36. The van der Waals surface area contributed by atoms with Crippen molar-refractivity contribution in [1.29, 1.82) is 0 Å². The van der Waals surface area contributed by atoms with Gasteiger partial charge in [0.2, 0.25) is 0 Å². The average molecular weight is 305 g/mol. The van der Waals surface area contributed by atoms with Gasteiger partial charge in [0.05, 0.1) is 11.3 Å². The SMILES string of the molecule is O=c1cc(-c2ccc(C(F)(F)F)cc2)[nH]n1-c1ccccn1. The molecular formula is C15H10F3N3O. The van der Waals surface area contributed by atoms with Crippen LogP contribution in [0.25, 0.3) is 17.1 Å². The lowest BCUT2D eigenvalue weighted by atomic mass is 10.1. The van der Waals surface area contributed by atoms with Crippen LogP contribution < -0.4 is 5.56 Å². The van der Waals surface area contributed by atoms with Crippen molar-refractivity contribution in [3.8, 4) is 17.1 Å². The van der Waals surface area contributed by atoms with E-state index in [1.807, 2.05) is 0 Å². The van der Waals surface area contributed by atoms with E-state index in [2.05, 4.69) is 10.1 Å². The summed E-state index contributed by atoms with van der Waals surface area (Å²) < 4.78 is 38.9. The monoisotopic (exact) mass is 305 g/mol. The van der Waals surface area contributed by atoms with E-state index in [0.29, 0.717) is 17.1 Å². The maximum absolute atomic E-state index is 12.5. The van der Waals surface area contributed by atoms with Gasteiger partial charge in [0.1, 0.15) is 0 Å². The highest BCUT2D eigenvalue weighted by molar-refractivity contribution is 5.59. The van der Waals surface area contributed by atoms with Crippen LogP contribution in [0, 0.1) is 0 Å². The second-order valence-electron chi connectivity index (χ2n) is 4.61. The zero-order chi connectivity index (χ0) is 15.7. The Morgan fingerprint density at radius 2 is 1.77 bits per heavy atom. The molecule has 0 aliphatic carbocycles. The fourth-order valence-corrected chi connectivity index (χ4v) is 2.04. The number of pyridine rings is 1. The van der Waals surface area contributed by atoms with Crippen LogP contribution in [0.15, 0.2) is 59.5 Å². The van der Waals surface area contributed by atoms with Crippen LogP contribution in [0.5, 0.6) is 0 Å². The number of hydrogen-bond acceptors (Lipinski definition) is 2. The predicted molar refractivity (Wildman–Crippen MR) is 74.6 cm³/mol. The first-order valence-electron chi connectivity index (χ1n) is 6.36. The van der Waals surface area contributed by atoms with Gasteiger partial charge in [-0.2, -0.15) is 13.2 Å². The number of benzene rings is 1. The van der Waals surface area contributed by atoms with Crippen LogP contribution in [0.1, 0.15) is 5.56 Å². The summed E-state index contributed by atoms with van der Waals surface area (Å²) >= 11 is 0. The molecule has 0 bridgehead atoms. The van der Waals surface area contributed by atoms with Crippen molar-refractivity contribution in [1.82, 2.24) is 14.8 Å². The van der Waals surface area contributed by atoms with Crippen LogP contribution in [-0.2, 0) is 6.18 Å². The number of alkyl halides is 3. The second kappa shape index (κ2) is 5.18. The minimum Gasteiger partial charge on any atom is -0.289 e. The topological polar surface area (TPSA) is 50.7 Å². The first kappa shape index (κ1) is 14.1.